The molecule has 1 amide bonds. The number of carbonyl (C=O) groups excluding carboxylic acids is 1. The lowest BCUT2D eigenvalue weighted by Crippen LogP contribution is -2.37. The molecule has 1 aromatic heterocycles. The average Bonchev–Trinajstić information content (AvgIpc) is 2.80. The van der Waals surface area contributed by atoms with Crippen LogP contribution >= 0.6 is 11.6 Å². The predicted octanol–water partition coefficient (Wildman–Crippen LogP) is 4.75. The van der Waals surface area contributed by atoms with Gasteiger partial charge in [0.15, 0.2) is 0 Å². The number of nitrogens with zero attached hydrogens (tertiary/aromatic N) is 2. The van der Waals surface area contributed by atoms with Gasteiger partial charge >= 0.3 is 0 Å². The molecule has 0 saturated heterocycles. The van der Waals surface area contributed by atoms with Crippen LogP contribution in [0, 0.1) is 5.82 Å². The summed E-state index contributed by atoms with van der Waals surface area (Å²) in [6.45, 7) is 4.10. The van der Waals surface area contributed by atoms with Crippen LogP contribution in [0.25, 0.3) is 16.9 Å². The van der Waals surface area contributed by atoms with Crippen LogP contribution in [-0.2, 0) is 0 Å². The second-order valence-corrected chi connectivity index (χ2v) is 8.42. The van der Waals surface area contributed by atoms with Crippen LogP contribution < -0.4 is 10.9 Å². The molecule has 0 radical (unpaired) electrons. The quantitative estimate of drug-likeness (QED) is 0.471. The SMILES string of the molecule is CCCC(O)(CC)CCNC(=O)c1cc(-c2ccc(Cl)cc2)nn(-c2cccc(F)c2)c1=O. The number of halogens is 2. The van der Waals surface area contributed by atoms with Gasteiger partial charge in [-0.2, -0.15) is 9.78 Å². The van der Waals surface area contributed by atoms with Crippen LogP contribution in [-0.4, -0.2) is 32.9 Å². The van der Waals surface area contributed by atoms with Gasteiger partial charge in [-0.05, 0) is 55.7 Å². The molecule has 174 valence electrons. The van der Waals surface area contributed by atoms with Gasteiger partial charge in [-0.1, -0.05) is 50.1 Å². The van der Waals surface area contributed by atoms with Gasteiger partial charge < -0.3 is 10.4 Å². The number of nitrogens with one attached hydrogen (secondary N) is 1. The van der Waals surface area contributed by atoms with E-state index in [1.165, 1.54) is 30.3 Å². The predicted molar refractivity (Wildman–Crippen MR) is 127 cm³/mol. The molecule has 0 fully saturated rings. The van der Waals surface area contributed by atoms with E-state index in [1.54, 1.807) is 24.3 Å². The van der Waals surface area contributed by atoms with Gasteiger partial charge in [0.2, 0.25) is 0 Å². The molecule has 0 aliphatic rings. The highest BCUT2D eigenvalue weighted by Gasteiger charge is 2.24. The summed E-state index contributed by atoms with van der Waals surface area (Å²) in [7, 11) is 0. The molecule has 6 nitrogen and oxygen atoms in total. The molecule has 0 bridgehead atoms. The Hall–Kier alpha value is -3.03. The lowest BCUT2D eigenvalue weighted by atomic mass is 9.91. The van der Waals surface area contributed by atoms with Crippen LogP contribution in [0.3, 0.4) is 0 Å². The largest absolute Gasteiger partial charge is 0.390 e. The molecule has 0 saturated carbocycles. The highest BCUT2D eigenvalue weighted by atomic mass is 35.5. The smallest absolute Gasteiger partial charge is 0.284 e. The number of carbonyl (C=O) groups is 1. The van der Waals surface area contributed by atoms with Crippen LogP contribution in [0.4, 0.5) is 4.39 Å². The summed E-state index contributed by atoms with van der Waals surface area (Å²) in [4.78, 5) is 26.1. The monoisotopic (exact) mass is 471 g/mol. The maximum Gasteiger partial charge on any atom is 0.284 e. The summed E-state index contributed by atoms with van der Waals surface area (Å²) in [6.07, 6.45) is 2.39. The van der Waals surface area contributed by atoms with Crippen LogP contribution in [0.15, 0.2) is 59.4 Å². The molecule has 0 aliphatic heterocycles. The van der Waals surface area contributed by atoms with Gasteiger partial charge in [-0.3, -0.25) is 9.59 Å². The Balaban J connectivity index is 1.98. The molecule has 1 heterocycles. The summed E-state index contributed by atoms with van der Waals surface area (Å²) in [6, 6.07) is 13.6. The number of rotatable bonds is 9. The van der Waals surface area contributed by atoms with E-state index in [9.17, 15) is 19.1 Å². The number of aromatic nitrogens is 2. The Morgan fingerprint density at radius 3 is 2.52 bits per heavy atom. The number of hydrogen-bond donors (Lipinski definition) is 2. The van der Waals surface area contributed by atoms with E-state index in [0.717, 1.165) is 11.1 Å². The first-order valence-corrected chi connectivity index (χ1v) is 11.3. The standard InChI is InChI=1S/C25H27ClFN3O3/c1-3-12-25(33,4-2)13-14-28-23(31)21-16-22(17-8-10-18(26)11-9-17)29-30(24(21)32)20-7-5-6-19(27)15-20/h5-11,15-16,33H,3-4,12-14H2,1-2H3,(H,28,31). The van der Waals surface area contributed by atoms with E-state index >= 15 is 0 Å². The molecule has 2 aromatic carbocycles. The molecule has 3 rings (SSSR count). The van der Waals surface area contributed by atoms with E-state index < -0.39 is 22.9 Å². The van der Waals surface area contributed by atoms with Gasteiger partial charge in [0.25, 0.3) is 11.5 Å². The molecule has 2 N–H and O–H groups in total. The number of benzene rings is 2. The van der Waals surface area contributed by atoms with Crippen LogP contribution in [0.5, 0.6) is 0 Å². The van der Waals surface area contributed by atoms with Crippen molar-refractivity contribution in [1.29, 1.82) is 0 Å². The van der Waals surface area contributed by atoms with Gasteiger partial charge in [-0.15, -0.1) is 0 Å². The van der Waals surface area contributed by atoms with Gasteiger partial charge in [-0.25, -0.2) is 4.39 Å². The van der Waals surface area contributed by atoms with Crippen molar-refractivity contribution in [2.75, 3.05) is 6.54 Å². The summed E-state index contributed by atoms with van der Waals surface area (Å²) >= 11 is 5.98. The fraction of sp³-hybridized carbons (Fsp3) is 0.320. The third-order valence-electron chi connectivity index (χ3n) is 5.60. The van der Waals surface area contributed by atoms with Crippen molar-refractivity contribution in [2.45, 2.75) is 45.1 Å². The number of hydrogen-bond acceptors (Lipinski definition) is 4. The maximum atomic E-state index is 13.8. The second kappa shape index (κ2) is 10.7. The van der Waals surface area contributed by atoms with Crippen molar-refractivity contribution in [2.24, 2.45) is 0 Å². The Morgan fingerprint density at radius 1 is 1.15 bits per heavy atom. The highest BCUT2D eigenvalue weighted by Crippen LogP contribution is 2.22. The minimum Gasteiger partial charge on any atom is -0.390 e. The molecule has 33 heavy (non-hydrogen) atoms. The molecular weight excluding hydrogens is 445 g/mol. The molecule has 8 heteroatoms. The zero-order valence-electron chi connectivity index (χ0n) is 18.6. The molecule has 1 unspecified atom stereocenters. The van der Waals surface area contributed by atoms with Crippen molar-refractivity contribution in [3.8, 4) is 16.9 Å². The molecular formula is C25H27ClFN3O3. The zero-order chi connectivity index (χ0) is 24.0. The minimum absolute atomic E-state index is 0.130. The fourth-order valence-corrected chi connectivity index (χ4v) is 3.78. The summed E-state index contributed by atoms with van der Waals surface area (Å²) < 4.78 is 14.8. The lowest BCUT2D eigenvalue weighted by Gasteiger charge is -2.26. The van der Waals surface area contributed by atoms with Crippen LogP contribution in [0.2, 0.25) is 5.02 Å². The van der Waals surface area contributed by atoms with Crippen molar-refractivity contribution < 1.29 is 14.3 Å². The van der Waals surface area contributed by atoms with Gasteiger partial charge in [0.05, 0.1) is 17.0 Å². The lowest BCUT2D eigenvalue weighted by molar-refractivity contribution is 0.0187. The van der Waals surface area contributed by atoms with Crippen molar-refractivity contribution >= 4 is 17.5 Å². The zero-order valence-corrected chi connectivity index (χ0v) is 19.4. The van der Waals surface area contributed by atoms with Crippen LogP contribution in [0.1, 0.15) is 49.9 Å². The number of amides is 1. The molecule has 1 atom stereocenters. The van der Waals surface area contributed by atoms with E-state index in [4.69, 9.17) is 11.6 Å². The third-order valence-corrected chi connectivity index (χ3v) is 5.85. The van der Waals surface area contributed by atoms with Crippen molar-refractivity contribution in [3.63, 3.8) is 0 Å². The summed E-state index contributed by atoms with van der Waals surface area (Å²) in [5.41, 5.74) is -0.465. The molecule has 0 aliphatic carbocycles. The van der Waals surface area contributed by atoms with Crippen molar-refractivity contribution in [1.82, 2.24) is 15.1 Å². The Labute approximate surface area is 197 Å². The third kappa shape index (κ3) is 6.06. The topological polar surface area (TPSA) is 84.2 Å². The maximum absolute atomic E-state index is 13.8. The average molecular weight is 472 g/mol. The van der Waals surface area contributed by atoms with Gasteiger partial charge in [0.1, 0.15) is 11.4 Å². The van der Waals surface area contributed by atoms with E-state index in [0.29, 0.717) is 35.5 Å². The highest BCUT2D eigenvalue weighted by molar-refractivity contribution is 6.30. The summed E-state index contributed by atoms with van der Waals surface area (Å²) in [5, 5.41) is 18.2. The van der Waals surface area contributed by atoms with E-state index in [-0.39, 0.29) is 17.8 Å². The Kier molecular flexibility index (Phi) is 8.00. The van der Waals surface area contributed by atoms with E-state index in [1.807, 2.05) is 13.8 Å². The van der Waals surface area contributed by atoms with Crippen molar-refractivity contribution in [3.05, 3.63) is 81.4 Å². The fourth-order valence-electron chi connectivity index (χ4n) is 3.65. The minimum atomic E-state index is -0.865. The second-order valence-electron chi connectivity index (χ2n) is 7.98. The normalized spacial score (nSPS) is 12.9. The first-order valence-electron chi connectivity index (χ1n) is 10.9. The van der Waals surface area contributed by atoms with E-state index in [2.05, 4.69) is 10.4 Å². The molecule has 3 aromatic rings. The number of aliphatic hydroxyl groups is 1. The van der Waals surface area contributed by atoms with Gasteiger partial charge in [0, 0.05) is 17.1 Å². The molecule has 0 spiro atoms. The Bertz CT molecular complexity index is 1180. The first-order chi connectivity index (χ1) is 15.8. The Morgan fingerprint density at radius 2 is 1.88 bits per heavy atom. The first kappa shape index (κ1) is 24.6. The summed E-state index contributed by atoms with van der Waals surface area (Å²) in [5.74, 6) is -1.11.